The number of nitrogens with zero attached hydrogens (tertiary/aromatic N) is 3. The van der Waals surface area contributed by atoms with E-state index in [9.17, 15) is 18.0 Å². The first-order valence-corrected chi connectivity index (χ1v) is 13.2. The number of carbonyl (C=O) groups is 1. The average molecular weight is 611 g/mol. The molecule has 3 aromatic carbocycles. The summed E-state index contributed by atoms with van der Waals surface area (Å²) in [7, 11) is 0. The molecule has 212 valence electrons. The van der Waals surface area contributed by atoms with Crippen molar-refractivity contribution in [1.82, 2.24) is 31.2 Å². The number of pyridine rings is 1. The lowest BCUT2D eigenvalue weighted by Gasteiger charge is -2.28. The Kier molecular flexibility index (Phi) is 7.09. The van der Waals surface area contributed by atoms with Gasteiger partial charge in [0.2, 0.25) is 5.60 Å². The van der Waals surface area contributed by atoms with Gasteiger partial charge >= 0.3 is 6.18 Å². The van der Waals surface area contributed by atoms with Crippen molar-refractivity contribution >= 4 is 45.6 Å². The van der Waals surface area contributed by atoms with E-state index in [0.717, 1.165) is 18.2 Å². The van der Waals surface area contributed by atoms with Crippen molar-refractivity contribution in [2.24, 2.45) is 0 Å². The molecule has 0 fully saturated rings. The summed E-state index contributed by atoms with van der Waals surface area (Å²) in [5, 5.41) is 15.0. The molecule has 1 amide bonds. The Morgan fingerprint density at radius 1 is 0.976 bits per heavy atom. The highest BCUT2D eigenvalue weighted by atomic mass is 35.5. The first-order chi connectivity index (χ1) is 20.2. The molecule has 42 heavy (non-hydrogen) atoms. The SMILES string of the molecule is O=C(NC(c1cn[nH]n1)c1ccc(C2=CC(c3cc(Cl)cc(Cl)c3)(C(F)(F)F)ON2)c2ccccc12)c1ccncc1. The third-order valence-electron chi connectivity index (χ3n) is 6.89. The molecule has 13 heteroatoms. The zero-order valence-electron chi connectivity index (χ0n) is 21.3. The van der Waals surface area contributed by atoms with Gasteiger partial charge < -0.3 is 5.32 Å². The highest BCUT2D eigenvalue weighted by molar-refractivity contribution is 6.34. The Morgan fingerprint density at radius 2 is 1.69 bits per heavy atom. The standard InChI is InChI=1S/C29H19Cl2F3N6O2/c30-18-11-17(12-19(31)13-18)28(29(32,33)34)14-24(39-42-28)22-5-6-23(21-4-2-1-3-20(21)22)26(25-15-36-40-38-25)37-27(41)16-7-9-35-10-8-16/h1-15,26,39H,(H,37,41)(H,36,38,40). The van der Waals surface area contributed by atoms with Gasteiger partial charge in [0.25, 0.3) is 5.91 Å². The van der Waals surface area contributed by atoms with Crippen LogP contribution in [-0.2, 0) is 10.4 Å². The van der Waals surface area contributed by atoms with Crippen LogP contribution in [0.15, 0.2) is 91.4 Å². The molecule has 3 N–H and O–H groups in total. The lowest BCUT2D eigenvalue weighted by atomic mass is 9.89. The number of hydrogen-bond donors (Lipinski definition) is 3. The molecule has 6 rings (SSSR count). The molecule has 1 aliphatic rings. The van der Waals surface area contributed by atoms with Crippen LogP contribution >= 0.6 is 23.2 Å². The van der Waals surface area contributed by atoms with Crippen molar-refractivity contribution < 1.29 is 22.8 Å². The van der Waals surface area contributed by atoms with Crippen molar-refractivity contribution in [1.29, 1.82) is 0 Å². The fourth-order valence-corrected chi connectivity index (χ4v) is 5.46. The molecule has 0 saturated heterocycles. The lowest BCUT2D eigenvalue weighted by molar-refractivity contribution is -0.269. The number of carbonyl (C=O) groups excluding carboxylic acids is 1. The van der Waals surface area contributed by atoms with Crippen LogP contribution in [0.5, 0.6) is 0 Å². The van der Waals surface area contributed by atoms with Gasteiger partial charge in [0, 0.05) is 39.1 Å². The fraction of sp³-hybridized carbons (Fsp3) is 0.103. The van der Waals surface area contributed by atoms with Crippen molar-refractivity contribution in [2.75, 3.05) is 0 Å². The molecular formula is C29H19Cl2F3N6O2. The second-order valence-corrected chi connectivity index (χ2v) is 10.3. The van der Waals surface area contributed by atoms with E-state index in [1.807, 2.05) is 6.07 Å². The second-order valence-electron chi connectivity index (χ2n) is 9.44. The van der Waals surface area contributed by atoms with Crippen molar-refractivity contribution in [3.63, 3.8) is 0 Å². The first kappa shape index (κ1) is 27.7. The molecule has 0 saturated carbocycles. The zero-order valence-corrected chi connectivity index (χ0v) is 22.8. The van der Waals surface area contributed by atoms with E-state index in [1.165, 1.54) is 24.7 Å². The number of hydroxylamine groups is 1. The van der Waals surface area contributed by atoms with Crippen molar-refractivity contribution in [3.05, 3.63) is 129 Å². The van der Waals surface area contributed by atoms with Crippen LogP contribution in [0.4, 0.5) is 13.2 Å². The lowest BCUT2D eigenvalue weighted by Crippen LogP contribution is -2.42. The van der Waals surface area contributed by atoms with Crippen LogP contribution < -0.4 is 10.8 Å². The largest absolute Gasteiger partial charge is 0.428 e. The Bertz CT molecular complexity index is 1800. The molecule has 0 spiro atoms. The number of aromatic amines is 1. The number of aromatic nitrogens is 4. The molecule has 0 aliphatic carbocycles. The molecule has 2 unspecified atom stereocenters. The Morgan fingerprint density at radius 3 is 2.36 bits per heavy atom. The highest BCUT2D eigenvalue weighted by Gasteiger charge is 2.59. The number of nitrogens with one attached hydrogen (secondary N) is 3. The number of rotatable bonds is 6. The number of hydrogen-bond acceptors (Lipinski definition) is 6. The van der Waals surface area contributed by atoms with Gasteiger partial charge in [-0.05, 0) is 52.7 Å². The van der Waals surface area contributed by atoms with Gasteiger partial charge in [-0.2, -0.15) is 28.6 Å². The van der Waals surface area contributed by atoms with Gasteiger partial charge in [0.15, 0.2) is 0 Å². The summed E-state index contributed by atoms with van der Waals surface area (Å²) in [5.74, 6) is -0.373. The van der Waals surface area contributed by atoms with E-state index < -0.39 is 17.8 Å². The summed E-state index contributed by atoms with van der Waals surface area (Å²) in [6, 6.07) is 16.6. The highest BCUT2D eigenvalue weighted by Crippen LogP contribution is 2.49. The Hall–Kier alpha value is -4.45. The zero-order chi connectivity index (χ0) is 29.5. The summed E-state index contributed by atoms with van der Waals surface area (Å²) >= 11 is 12.1. The van der Waals surface area contributed by atoms with Crippen LogP contribution in [0.2, 0.25) is 10.0 Å². The predicted octanol–water partition coefficient (Wildman–Crippen LogP) is 6.51. The van der Waals surface area contributed by atoms with Crippen molar-refractivity contribution in [3.8, 4) is 0 Å². The molecule has 8 nitrogen and oxygen atoms in total. The number of fused-ring (bicyclic) bond motifs is 1. The van der Waals surface area contributed by atoms with Gasteiger partial charge in [-0.3, -0.25) is 20.1 Å². The maximum atomic E-state index is 14.6. The number of amides is 1. The molecule has 1 aliphatic heterocycles. The van der Waals surface area contributed by atoms with E-state index in [-0.39, 0.29) is 27.2 Å². The summed E-state index contributed by atoms with van der Waals surface area (Å²) in [4.78, 5) is 22.4. The predicted molar refractivity (Wildman–Crippen MR) is 150 cm³/mol. The van der Waals surface area contributed by atoms with Crippen LogP contribution in [0.25, 0.3) is 16.5 Å². The smallest absolute Gasteiger partial charge is 0.339 e. The summed E-state index contributed by atoms with van der Waals surface area (Å²) in [6.07, 6.45) is 0.611. The average Bonchev–Trinajstić information content (AvgIpc) is 3.67. The molecule has 2 atom stereocenters. The van der Waals surface area contributed by atoms with Gasteiger partial charge in [-0.1, -0.05) is 59.6 Å². The van der Waals surface area contributed by atoms with E-state index in [1.54, 1.807) is 42.5 Å². The van der Waals surface area contributed by atoms with E-state index in [2.05, 4.69) is 31.2 Å². The molecule has 0 radical (unpaired) electrons. The third kappa shape index (κ3) is 4.95. The van der Waals surface area contributed by atoms with E-state index in [4.69, 9.17) is 28.0 Å². The topological polar surface area (TPSA) is 105 Å². The maximum Gasteiger partial charge on any atom is 0.428 e. The molecular weight excluding hydrogens is 592 g/mol. The van der Waals surface area contributed by atoms with E-state index in [0.29, 0.717) is 33.2 Å². The fourth-order valence-electron chi connectivity index (χ4n) is 4.93. The molecule has 5 aromatic rings. The first-order valence-electron chi connectivity index (χ1n) is 12.4. The minimum atomic E-state index is -4.86. The number of benzene rings is 3. The van der Waals surface area contributed by atoms with Crippen molar-refractivity contribution in [2.45, 2.75) is 17.8 Å². The van der Waals surface area contributed by atoms with Crippen LogP contribution in [-0.4, -0.2) is 32.5 Å². The monoisotopic (exact) mass is 610 g/mol. The van der Waals surface area contributed by atoms with Gasteiger partial charge in [0.05, 0.1) is 11.9 Å². The third-order valence-corrected chi connectivity index (χ3v) is 7.32. The number of alkyl halides is 3. The Balaban J connectivity index is 1.47. The minimum absolute atomic E-state index is 0.0362. The maximum absolute atomic E-state index is 14.6. The number of H-pyrrole nitrogens is 1. The van der Waals surface area contributed by atoms with Gasteiger partial charge in [-0.15, -0.1) is 0 Å². The summed E-state index contributed by atoms with van der Waals surface area (Å²) in [6.45, 7) is 0. The van der Waals surface area contributed by atoms with Gasteiger partial charge in [0.1, 0.15) is 11.7 Å². The Labute approximate surface area is 246 Å². The van der Waals surface area contributed by atoms with Gasteiger partial charge in [-0.25, -0.2) is 0 Å². The molecule has 3 heterocycles. The summed E-state index contributed by atoms with van der Waals surface area (Å²) < 4.78 is 43.8. The van der Waals surface area contributed by atoms with Crippen LogP contribution in [0, 0.1) is 0 Å². The minimum Gasteiger partial charge on any atom is -0.339 e. The van der Waals surface area contributed by atoms with Crippen LogP contribution in [0.1, 0.15) is 38.8 Å². The second kappa shape index (κ2) is 10.8. The summed E-state index contributed by atoms with van der Waals surface area (Å²) in [5.41, 5.74) is 1.36. The molecule has 2 aromatic heterocycles. The van der Waals surface area contributed by atoms with Crippen LogP contribution in [0.3, 0.4) is 0 Å². The molecule has 0 bridgehead atoms. The number of halogens is 5. The van der Waals surface area contributed by atoms with E-state index >= 15 is 0 Å². The quantitative estimate of drug-likeness (QED) is 0.202. The normalized spacial score (nSPS) is 17.5.